The van der Waals surface area contributed by atoms with E-state index in [2.05, 4.69) is 25.2 Å². The minimum absolute atomic E-state index is 0.175. The van der Waals surface area contributed by atoms with Crippen molar-refractivity contribution < 1.29 is 18.7 Å². The van der Waals surface area contributed by atoms with Crippen LogP contribution >= 0.6 is 11.8 Å². The van der Waals surface area contributed by atoms with E-state index >= 15 is 0 Å². The van der Waals surface area contributed by atoms with E-state index in [4.69, 9.17) is 0 Å². The minimum atomic E-state index is -0.623. The summed E-state index contributed by atoms with van der Waals surface area (Å²) in [7, 11) is 1.23. The summed E-state index contributed by atoms with van der Waals surface area (Å²) in [6.45, 7) is 2.63. The van der Waals surface area contributed by atoms with Gasteiger partial charge < -0.3 is 4.74 Å². The number of esters is 1. The van der Waals surface area contributed by atoms with Gasteiger partial charge in [0.2, 0.25) is 0 Å². The van der Waals surface area contributed by atoms with Crippen LogP contribution in [0.3, 0.4) is 0 Å². The Kier molecular flexibility index (Phi) is 6.94. The molecule has 3 rings (SSSR count). The van der Waals surface area contributed by atoms with Gasteiger partial charge in [0.25, 0.3) is 5.91 Å². The first-order valence-corrected chi connectivity index (χ1v) is 9.77. The Morgan fingerprint density at radius 1 is 1.36 bits per heavy atom. The number of hydrogen-bond donors (Lipinski definition) is 1. The predicted octanol–water partition coefficient (Wildman–Crippen LogP) is 2.42. The van der Waals surface area contributed by atoms with Gasteiger partial charge in [0, 0.05) is 18.2 Å². The molecule has 2 aliphatic heterocycles. The lowest BCUT2D eigenvalue weighted by atomic mass is 10.1. The molecule has 0 bridgehead atoms. The molecule has 1 amide bonds. The summed E-state index contributed by atoms with van der Waals surface area (Å²) in [4.78, 5) is 25.4. The number of piperidine rings is 1. The summed E-state index contributed by atoms with van der Waals surface area (Å²) in [5, 5.41) is 10.5. The number of ether oxygens (including phenoxy) is 1. The zero-order valence-corrected chi connectivity index (χ0v) is 16.3. The van der Waals surface area contributed by atoms with Crippen LogP contribution in [0, 0.1) is 5.82 Å². The highest BCUT2D eigenvalue weighted by Gasteiger charge is 2.25. The average Bonchev–Trinajstić information content (AvgIpc) is 3.04. The minimum Gasteiger partial charge on any atom is -0.466 e. The van der Waals surface area contributed by atoms with E-state index in [9.17, 15) is 14.0 Å². The molecule has 7 nitrogen and oxygen atoms in total. The molecule has 2 aliphatic rings. The number of carbonyl (C=O) groups is 2. The SMILES string of the molecule is COC(=O)/C=C1/S/C(=N\N=Cc2ccc(CN3CCCCC3)c(F)c2)NC1=O. The standard InChI is InChI=1S/C19H21FN4O3S/c1-27-17(25)10-16-18(26)22-19(28-16)23-21-11-13-5-6-14(15(20)9-13)12-24-7-3-2-4-8-24/h5-6,9-11H,2-4,7-8,12H2,1H3,(H,22,23,26)/b16-10+,21-11?. The number of halogens is 1. The molecule has 28 heavy (non-hydrogen) atoms. The summed E-state index contributed by atoms with van der Waals surface area (Å²) in [6.07, 6.45) is 6.07. The number of nitrogens with zero attached hydrogens (tertiary/aromatic N) is 3. The molecule has 1 aromatic rings. The van der Waals surface area contributed by atoms with Crippen molar-refractivity contribution in [3.63, 3.8) is 0 Å². The highest BCUT2D eigenvalue weighted by atomic mass is 32.2. The third kappa shape index (κ3) is 5.49. The number of amidine groups is 1. The van der Waals surface area contributed by atoms with Gasteiger partial charge in [-0.15, -0.1) is 5.10 Å². The fourth-order valence-electron chi connectivity index (χ4n) is 2.92. The number of methoxy groups -OCH3 is 1. The molecule has 0 aromatic heterocycles. The molecule has 1 aromatic carbocycles. The van der Waals surface area contributed by atoms with Crippen molar-refractivity contribution in [2.24, 2.45) is 10.2 Å². The molecule has 2 fully saturated rings. The Labute approximate surface area is 166 Å². The van der Waals surface area contributed by atoms with Crippen LogP contribution in [0.2, 0.25) is 0 Å². The Morgan fingerprint density at radius 2 is 2.14 bits per heavy atom. The lowest BCUT2D eigenvalue weighted by Gasteiger charge is -2.26. The second kappa shape index (κ2) is 9.61. The molecule has 0 atom stereocenters. The third-order valence-corrected chi connectivity index (χ3v) is 5.28. The first-order chi connectivity index (χ1) is 13.5. The van der Waals surface area contributed by atoms with Gasteiger partial charge in [0.1, 0.15) is 5.82 Å². The number of hydrogen-bond acceptors (Lipinski definition) is 7. The van der Waals surface area contributed by atoms with Gasteiger partial charge >= 0.3 is 5.97 Å². The average molecular weight is 404 g/mol. The van der Waals surface area contributed by atoms with Crippen molar-refractivity contribution >= 4 is 35.0 Å². The van der Waals surface area contributed by atoms with Crippen molar-refractivity contribution in [1.29, 1.82) is 0 Å². The van der Waals surface area contributed by atoms with E-state index in [-0.39, 0.29) is 15.9 Å². The van der Waals surface area contributed by atoms with Gasteiger partial charge in [-0.05, 0) is 49.3 Å². The van der Waals surface area contributed by atoms with Crippen molar-refractivity contribution in [3.05, 3.63) is 46.1 Å². The molecule has 0 aliphatic carbocycles. The summed E-state index contributed by atoms with van der Waals surface area (Å²) in [6, 6.07) is 4.97. The fourth-order valence-corrected chi connectivity index (χ4v) is 3.66. The lowest BCUT2D eigenvalue weighted by Crippen LogP contribution is -2.29. The maximum absolute atomic E-state index is 14.4. The van der Waals surface area contributed by atoms with Crippen molar-refractivity contribution in [1.82, 2.24) is 10.2 Å². The topological polar surface area (TPSA) is 83.4 Å². The number of nitrogens with one attached hydrogen (secondary N) is 1. The van der Waals surface area contributed by atoms with E-state index < -0.39 is 11.9 Å². The number of thioether (sulfide) groups is 1. The van der Waals surface area contributed by atoms with Gasteiger partial charge in [-0.2, -0.15) is 5.10 Å². The Balaban J connectivity index is 1.60. The number of carbonyl (C=O) groups excluding carboxylic acids is 2. The summed E-state index contributed by atoms with van der Waals surface area (Å²) < 4.78 is 18.8. The second-order valence-corrected chi connectivity index (χ2v) is 7.46. The molecule has 0 spiro atoms. The maximum atomic E-state index is 14.4. The molecule has 2 heterocycles. The Hall–Kier alpha value is -2.52. The fraction of sp³-hybridized carbons (Fsp3) is 0.368. The van der Waals surface area contributed by atoms with Crippen molar-refractivity contribution in [3.8, 4) is 0 Å². The monoisotopic (exact) mass is 404 g/mol. The molecular formula is C19H21FN4O3S. The number of rotatable bonds is 5. The molecule has 0 radical (unpaired) electrons. The number of likely N-dealkylation sites (tertiary alicyclic amines) is 1. The molecule has 9 heteroatoms. The van der Waals surface area contributed by atoms with E-state index in [1.165, 1.54) is 25.8 Å². The van der Waals surface area contributed by atoms with Crippen LogP contribution in [0.15, 0.2) is 39.4 Å². The molecular weight excluding hydrogens is 383 g/mol. The summed E-state index contributed by atoms with van der Waals surface area (Å²) in [5.41, 5.74) is 1.24. The zero-order chi connectivity index (χ0) is 19.9. The van der Waals surface area contributed by atoms with Crippen molar-refractivity contribution in [2.75, 3.05) is 20.2 Å². The first-order valence-electron chi connectivity index (χ1n) is 8.96. The van der Waals surface area contributed by atoms with Gasteiger partial charge in [0.15, 0.2) is 5.17 Å². The molecule has 0 saturated carbocycles. The van der Waals surface area contributed by atoms with Crippen LogP contribution in [0.4, 0.5) is 4.39 Å². The van der Waals surface area contributed by atoms with E-state index in [0.717, 1.165) is 43.8 Å². The van der Waals surface area contributed by atoms with E-state index in [0.29, 0.717) is 17.7 Å². The Bertz CT molecular complexity index is 848. The predicted molar refractivity (Wildman–Crippen MR) is 106 cm³/mol. The van der Waals surface area contributed by atoms with Crippen molar-refractivity contribution in [2.45, 2.75) is 25.8 Å². The lowest BCUT2D eigenvalue weighted by molar-refractivity contribution is -0.135. The smallest absolute Gasteiger partial charge is 0.331 e. The van der Waals surface area contributed by atoms with Gasteiger partial charge in [-0.1, -0.05) is 18.6 Å². The number of amides is 1. The molecule has 0 unspecified atom stereocenters. The Morgan fingerprint density at radius 3 is 2.86 bits per heavy atom. The summed E-state index contributed by atoms with van der Waals surface area (Å²) in [5.74, 6) is -1.34. The van der Waals surface area contributed by atoms with Crippen LogP contribution in [0.1, 0.15) is 30.4 Å². The highest BCUT2D eigenvalue weighted by molar-refractivity contribution is 8.18. The second-order valence-electron chi connectivity index (χ2n) is 6.43. The third-order valence-electron chi connectivity index (χ3n) is 4.38. The molecule has 148 valence electrons. The van der Waals surface area contributed by atoms with Crippen LogP contribution in [0.5, 0.6) is 0 Å². The van der Waals surface area contributed by atoms with Crippen LogP contribution < -0.4 is 5.32 Å². The molecule has 1 N–H and O–H groups in total. The van der Waals surface area contributed by atoms with Crippen LogP contribution in [0.25, 0.3) is 0 Å². The van der Waals surface area contributed by atoms with Crippen LogP contribution in [-0.2, 0) is 20.9 Å². The number of benzene rings is 1. The quantitative estimate of drug-likeness (QED) is 0.353. The largest absolute Gasteiger partial charge is 0.466 e. The van der Waals surface area contributed by atoms with E-state index in [1.54, 1.807) is 12.1 Å². The summed E-state index contributed by atoms with van der Waals surface area (Å²) >= 11 is 0.979. The van der Waals surface area contributed by atoms with E-state index in [1.807, 2.05) is 0 Å². The van der Waals surface area contributed by atoms with Crippen LogP contribution in [-0.4, -0.2) is 48.4 Å². The van der Waals surface area contributed by atoms with Gasteiger partial charge in [-0.3, -0.25) is 15.0 Å². The zero-order valence-electron chi connectivity index (χ0n) is 15.5. The van der Waals surface area contributed by atoms with Gasteiger partial charge in [0.05, 0.1) is 18.2 Å². The highest BCUT2D eigenvalue weighted by Crippen LogP contribution is 2.23. The maximum Gasteiger partial charge on any atom is 0.331 e. The van der Waals surface area contributed by atoms with Gasteiger partial charge in [-0.25, -0.2) is 9.18 Å². The first kappa shape index (κ1) is 20.2. The normalized spacial score (nSPS) is 20.9. The molecule has 2 saturated heterocycles.